The van der Waals surface area contributed by atoms with E-state index in [0.717, 1.165) is 38.5 Å². The lowest BCUT2D eigenvalue weighted by Gasteiger charge is -2.47. The molecule has 21 heavy (non-hydrogen) atoms. The summed E-state index contributed by atoms with van der Waals surface area (Å²) in [6.45, 7) is 4.40. The van der Waals surface area contributed by atoms with Gasteiger partial charge < -0.3 is 5.11 Å². The zero-order chi connectivity index (χ0) is 15.1. The maximum atomic E-state index is 12.8. The lowest BCUT2D eigenvalue weighted by atomic mass is 9.72. The number of rotatable bonds is 2. The molecule has 3 rings (SSSR count). The summed E-state index contributed by atoms with van der Waals surface area (Å²) in [5, 5.41) is 10.7. The Morgan fingerprint density at radius 3 is 2.52 bits per heavy atom. The highest BCUT2D eigenvalue weighted by Crippen LogP contribution is 2.40. The van der Waals surface area contributed by atoms with Gasteiger partial charge in [-0.15, -0.1) is 0 Å². The first kappa shape index (κ1) is 15.7. The van der Waals surface area contributed by atoms with E-state index in [1.54, 1.807) is 8.61 Å². The van der Waals surface area contributed by atoms with Crippen LogP contribution in [0.3, 0.4) is 0 Å². The second-order valence-corrected chi connectivity index (χ2v) is 9.20. The fraction of sp³-hybridized carbons (Fsp3) is 1.00. The topological polar surface area (TPSA) is 60.9 Å². The first-order valence-corrected chi connectivity index (χ1v) is 9.79. The van der Waals surface area contributed by atoms with Gasteiger partial charge in [0.1, 0.15) is 0 Å². The largest absolute Gasteiger partial charge is 0.390 e. The van der Waals surface area contributed by atoms with Crippen molar-refractivity contribution in [2.24, 2.45) is 11.8 Å². The first-order chi connectivity index (χ1) is 9.92. The van der Waals surface area contributed by atoms with Crippen LogP contribution in [0.2, 0.25) is 0 Å². The molecule has 2 heterocycles. The number of fused-ring (bicyclic) bond motifs is 1. The van der Waals surface area contributed by atoms with Crippen molar-refractivity contribution in [1.82, 2.24) is 8.61 Å². The average molecular weight is 316 g/mol. The molecule has 0 spiro atoms. The molecule has 3 atom stereocenters. The fourth-order valence-corrected chi connectivity index (χ4v) is 6.09. The maximum Gasteiger partial charge on any atom is 0.281 e. The lowest BCUT2D eigenvalue weighted by molar-refractivity contribution is -0.0824. The van der Waals surface area contributed by atoms with Crippen molar-refractivity contribution >= 4 is 10.2 Å². The predicted octanol–water partition coefficient (Wildman–Crippen LogP) is 1.59. The monoisotopic (exact) mass is 316 g/mol. The van der Waals surface area contributed by atoms with E-state index in [1.807, 2.05) is 0 Å². The minimum absolute atomic E-state index is 0.122. The SMILES string of the molecule is CC1CCCN(S(=O)(=O)N2CCC3(O)CCCCC3C2)C1. The van der Waals surface area contributed by atoms with E-state index in [9.17, 15) is 13.5 Å². The molecule has 1 aliphatic carbocycles. The molecule has 0 radical (unpaired) electrons. The molecule has 3 fully saturated rings. The molecule has 5 nitrogen and oxygen atoms in total. The van der Waals surface area contributed by atoms with Gasteiger partial charge in [-0.05, 0) is 38.0 Å². The minimum atomic E-state index is -3.34. The molecule has 0 bridgehead atoms. The third kappa shape index (κ3) is 3.00. The van der Waals surface area contributed by atoms with Crippen LogP contribution in [0.5, 0.6) is 0 Å². The normalized spacial score (nSPS) is 39.9. The first-order valence-electron chi connectivity index (χ1n) is 8.39. The fourth-order valence-electron chi connectivity index (χ4n) is 4.27. The molecule has 0 aromatic heterocycles. The van der Waals surface area contributed by atoms with Crippen LogP contribution >= 0.6 is 0 Å². The summed E-state index contributed by atoms with van der Waals surface area (Å²) < 4.78 is 29.0. The Kier molecular flexibility index (Phi) is 4.34. The molecular weight excluding hydrogens is 288 g/mol. The summed E-state index contributed by atoms with van der Waals surface area (Å²) in [5.74, 6) is 0.571. The molecule has 1 saturated carbocycles. The third-order valence-electron chi connectivity index (χ3n) is 5.66. The molecule has 122 valence electrons. The predicted molar refractivity (Wildman–Crippen MR) is 82.0 cm³/mol. The molecule has 0 aromatic carbocycles. The van der Waals surface area contributed by atoms with Crippen LogP contribution in [0.1, 0.15) is 51.9 Å². The summed E-state index contributed by atoms with van der Waals surface area (Å²) >= 11 is 0. The zero-order valence-electron chi connectivity index (χ0n) is 13.0. The summed E-state index contributed by atoms with van der Waals surface area (Å²) in [7, 11) is -3.34. The van der Waals surface area contributed by atoms with Crippen LogP contribution in [0.4, 0.5) is 0 Å². The Morgan fingerprint density at radius 1 is 1.00 bits per heavy atom. The van der Waals surface area contributed by atoms with Crippen LogP contribution in [-0.4, -0.2) is 53.9 Å². The van der Waals surface area contributed by atoms with Crippen molar-refractivity contribution in [2.75, 3.05) is 26.2 Å². The van der Waals surface area contributed by atoms with Gasteiger partial charge in [-0.3, -0.25) is 0 Å². The van der Waals surface area contributed by atoms with Gasteiger partial charge in [-0.1, -0.05) is 19.8 Å². The van der Waals surface area contributed by atoms with Crippen LogP contribution < -0.4 is 0 Å². The second-order valence-electron chi connectivity index (χ2n) is 7.27. The summed E-state index contributed by atoms with van der Waals surface area (Å²) in [5.41, 5.74) is -0.612. The number of nitrogens with zero attached hydrogens (tertiary/aromatic N) is 2. The van der Waals surface area contributed by atoms with Crippen LogP contribution in [0.25, 0.3) is 0 Å². The Morgan fingerprint density at radius 2 is 1.76 bits per heavy atom. The molecule has 2 saturated heterocycles. The van der Waals surface area contributed by atoms with E-state index in [4.69, 9.17) is 0 Å². The molecule has 3 unspecified atom stereocenters. The minimum Gasteiger partial charge on any atom is -0.390 e. The van der Waals surface area contributed by atoms with Crippen molar-refractivity contribution in [2.45, 2.75) is 57.5 Å². The van der Waals surface area contributed by atoms with E-state index in [-0.39, 0.29) is 5.92 Å². The van der Waals surface area contributed by atoms with Gasteiger partial charge in [-0.25, -0.2) is 0 Å². The highest BCUT2D eigenvalue weighted by molar-refractivity contribution is 7.86. The average Bonchev–Trinajstić information content (AvgIpc) is 2.46. The van der Waals surface area contributed by atoms with Gasteiger partial charge in [0.15, 0.2) is 0 Å². The number of hydrogen-bond donors (Lipinski definition) is 1. The van der Waals surface area contributed by atoms with Gasteiger partial charge in [0.25, 0.3) is 10.2 Å². The smallest absolute Gasteiger partial charge is 0.281 e. The van der Waals surface area contributed by atoms with E-state index in [0.29, 0.717) is 38.5 Å². The van der Waals surface area contributed by atoms with Gasteiger partial charge in [-0.2, -0.15) is 17.0 Å². The molecule has 1 N–H and O–H groups in total. The highest BCUT2D eigenvalue weighted by Gasteiger charge is 2.46. The van der Waals surface area contributed by atoms with Crippen molar-refractivity contribution in [3.05, 3.63) is 0 Å². The summed E-state index contributed by atoms with van der Waals surface area (Å²) in [6.07, 6.45) is 6.66. The Balaban J connectivity index is 1.72. The quantitative estimate of drug-likeness (QED) is 0.841. The number of piperidine rings is 2. The number of hydrogen-bond acceptors (Lipinski definition) is 3. The Bertz CT molecular complexity index is 481. The van der Waals surface area contributed by atoms with Crippen LogP contribution in [0.15, 0.2) is 0 Å². The van der Waals surface area contributed by atoms with Crippen LogP contribution in [0, 0.1) is 11.8 Å². The standard InChI is InChI=1S/C15H28N2O3S/c1-13-5-4-9-16(11-13)21(19,20)17-10-8-15(18)7-3-2-6-14(15)12-17/h13-14,18H,2-12H2,1H3. The molecule has 3 aliphatic rings. The van der Waals surface area contributed by atoms with Gasteiger partial charge >= 0.3 is 0 Å². The van der Waals surface area contributed by atoms with E-state index >= 15 is 0 Å². The Hall–Kier alpha value is -0.170. The van der Waals surface area contributed by atoms with Crippen molar-refractivity contribution in [3.8, 4) is 0 Å². The lowest BCUT2D eigenvalue weighted by Crippen LogP contribution is -2.57. The molecule has 0 aromatic rings. The van der Waals surface area contributed by atoms with E-state index in [2.05, 4.69) is 6.92 Å². The van der Waals surface area contributed by atoms with Crippen molar-refractivity contribution < 1.29 is 13.5 Å². The summed E-state index contributed by atoms with van der Waals surface area (Å²) in [6, 6.07) is 0. The number of aliphatic hydroxyl groups is 1. The zero-order valence-corrected chi connectivity index (χ0v) is 13.8. The van der Waals surface area contributed by atoms with Crippen molar-refractivity contribution in [3.63, 3.8) is 0 Å². The molecular formula is C15H28N2O3S. The van der Waals surface area contributed by atoms with Gasteiger partial charge in [0.05, 0.1) is 5.60 Å². The third-order valence-corrected chi connectivity index (χ3v) is 7.63. The highest BCUT2D eigenvalue weighted by atomic mass is 32.2. The van der Waals surface area contributed by atoms with E-state index in [1.165, 1.54) is 0 Å². The van der Waals surface area contributed by atoms with Crippen LogP contribution in [-0.2, 0) is 10.2 Å². The van der Waals surface area contributed by atoms with E-state index < -0.39 is 15.8 Å². The second kappa shape index (κ2) is 5.80. The molecule has 6 heteroatoms. The Labute approximate surface area is 128 Å². The van der Waals surface area contributed by atoms with Crippen molar-refractivity contribution in [1.29, 1.82) is 0 Å². The van der Waals surface area contributed by atoms with Gasteiger partial charge in [0.2, 0.25) is 0 Å². The maximum absolute atomic E-state index is 12.8. The molecule has 0 amide bonds. The van der Waals surface area contributed by atoms with Gasteiger partial charge in [0, 0.05) is 32.1 Å². The summed E-state index contributed by atoms with van der Waals surface area (Å²) in [4.78, 5) is 0. The molecule has 2 aliphatic heterocycles.